The average Bonchev–Trinajstić information content (AvgIpc) is 3.27. The highest BCUT2D eigenvalue weighted by Gasteiger charge is 2.34. The summed E-state index contributed by atoms with van der Waals surface area (Å²) in [4.78, 5) is 23.8. The summed E-state index contributed by atoms with van der Waals surface area (Å²) < 4.78 is 21.4. The van der Waals surface area contributed by atoms with Crippen molar-refractivity contribution in [3.8, 4) is 23.0 Å². The van der Waals surface area contributed by atoms with E-state index in [1.54, 1.807) is 45.6 Å². The fourth-order valence-electron chi connectivity index (χ4n) is 3.58. The van der Waals surface area contributed by atoms with Crippen LogP contribution >= 0.6 is 0 Å². The van der Waals surface area contributed by atoms with Gasteiger partial charge in [-0.05, 0) is 35.9 Å². The van der Waals surface area contributed by atoms with Gasteiger partial charge >= 0.3 is 5.97 Å². The number of hydrogen-bond acceptors (Lipinski definition) is 7. The van der Waals surface area contributed by atoms with Crippen molar-refractivity contribution < 1.29 is 33.6 Å². The van der Waals surface area contributed by atoms with Gasteiger partial charge in [-0.15, -0.1) is 0 Å². The molecule has 2 aromatic carbocycles. The van der Waals surface area contributed by atoms with Crippen LogP contribution in [0.2, 0.25) is 0 Å². The lowest BCUT2D eigenvalue weighted by Crippen LogP contribution is -2.27. The minimum atomic E-state index is -1.04. The number of methoxy groups -OCH3 is 4. The van der Waals surface area contributed by atoms with Crippen LogP contribution in [0, 0.1) is 0 Å². The van der Waals surface area contributed by atoms with E-state index in [-0.39, 0.29) is 18.7 Å². The second kappa shape index (κ2) is 10.0. The zero-order valence-electron chi connectivity index (χ0n) is 18.5. The van der Waals surface area contributed by atoms with Crippen molar-refractivity contribution in [1.29, 1.82) is 0 Å². The fourth-order valence-corrected chi connectivity index (χ4v) is 3.58. The number of aliphatic carboxylic acids is 1. The van der Waals surface area contributed by atoms with Crippen molar-refractivity contribution in [3.05, 3.63) is 47.5 Å². The van der Waals surface area contributed by atoms with Crippen LogP contribution in [0.4, 0.5) is 0 Å². The molecule has 0 radical (unpaired) electrons. The second-order valence-electron chi connectivity index (χ2n) is 7.08. The van der Waals surface area contributed by atoms with Gasteiger partial charge in [0.25, 0.3) is 0 Å². The number of carbonyl (C=O) groups excluding carboxylic acids is 1. The fraction of sp³-hybridized carbons (Fsp3) is 0.348. The number of carboxylic acids is 1. The Morgan fingerprint density at radius 1 is 0.906 bits per heavy atom. The number of benzene rings is 2. The topological polar surface area (TPSA) is 107 Å². The summed E-state index contributed by atoms with van der Waals surface area (Å²) >= 11 is 0. The van der Waals surface area contributed by atoms with E-state index < -0.39 is 12.0 Å². The normalized spacial score (nSPS) is 15.2. The number of hydrogen-bond donors (Lipinski definition) is 1. The van der Waals surface area contributed by atoms with Gasteiger partial charge in [0.1, 0.15) is 0 Å². The van der Waals surface area contributed by atoms with Gasteiger partial charge in [0, 0.05) is 18.4 Å². The zero-order chi connectivity index (χ0) is 23.3. The highest BCUT2D eigenvalue weighted by Crippen LogP contribution is 2.38. The molecular formula is C23H26N2O7. The van der Waals surface area contributed by atoms with E-state index in [1.165, 1.54) is 12.1 Å². The van der Waals surface area contributed by atoms with Crippen molar-refractivity contribution in [2.24, 2.45) is 5.10 Å². The molecule has 1 aliphatic rings. The molecule has 9 nitrogen and oxygen atoms in total. The Hall–Kier alpha value is -3.75. The molecule has 0 bridgehead atoms. The van der Waals surface area contributed by atoms with E-state index in [2.05, 4.69) is 5.10 Å². The molecule has 0 aliphatic carbocycles. The van der Waals surface area contributed by atoms with Crippen molar-refractivity contribution in [2.75, 3.05) is 28.4 Å². The molecule has 0 saturated heterocycles. The summed E-state index contributed by atoms with van der Waals surface area (Å²) in [5.41, 5.74) is 2.25. The maximum atomic E-state index is 12.9. The molecule has 1 N–H and O–H groups in total. The molecule has 0 aromatic heterocycles. The van der Waals surface area contributed by atoms with Crippen LogP contribution in [0.25, 0.3) is 0 Å². The Bertz CT molecular complexity index is 1040. The van der Waals surface area contributed by atoms with Crippen LogP contribution in [-0.2, 0) is 9.59 Å². The largest absolute Gasteiger partial charge is 0.493 e. The van der Waals surface area contributed by atoms with Crippen molar-refractivity contribution in [2.45, 2.75) is 25.3 Å². The third-order valence-electron chi connectivity index (χ3n) is 5.23. The first-order chi connectivity index (χ1) is 15.4. The molecule has 9 heteroatoms. The van der Waals surface area contributed by atoms with Gasteiger partial charge in [0.2, 0.25) is 5.91 Å². The molecule has 1 amide bonds. The summed E-state index contributed by atoms with van der Waals surface area (Å²) in [6, 6.07) is 10.4. The summed E-state index contributed by atoms with van der Waals surface area (Å²) in [5.74, 6) is 0.820. The SMILES string of the molecule is COc1ccc(C2=NN(C(=O)CCC(=O)O)[C@@H](c3ccc(OC)c(OC)c3)C2)cc1OC. The molecule has 0 saturated carbocycles. The monoisotopic (exact) mass is 442 g/mol. The second-order valence-corrected chi connectivity index (χ2v) is 7.08. The molecule has 3 rings (SSSR count). The van der Waals surface area contributed by atoms with Crippen molar-refractivity contribution in [3.63, 3.8) is 0 Å². The lowest BCUT2D eigenvalue weighted by atomic mass is 9.97. The van der Waals surface area contributed by atoms with Gasteiger partial charge in [-0.3, -0.25) is 9.59 Å². The summed E-state index contributed by atoms with van der Waals surface area (Å²) in [6.07, 6.45) is 0.0147. The predicted molar refractivity (Wildman–Crippen MR) is 117 cm³/mol. The molecule has 0 unspecified atom stereocenters. The van der Waals surface area contributed by atoms with Crippen LogP contribution in [0.1, 0.15) is 36.4 Å². The molecule has 2 aromatic rings. The third-order valence-corrected chi connectivity index (χ3v) is 5.23. The Morgan fingerprint density at radius 3 is 2.09 bits per heavy atom. The quantitative estimate of drug-likeness (QED) is 0.635. The number of nitrogens with zero attached hydrogens (tertiary/aromatic N) is 2. The Balaban J connectivity index is 1.98. The molecule has 1 atom stereocenters. The molecule has 0 spiro atoms. The maximum Gasteiger partial charge on any atom is 0.303 e. The minimum Gasteiger partial charge on any atom is -0.493 e. The first kappa shape index (κ1) is 22.9. The van der Waals surface area contributed by atoms with Gasteiger partial charge < -0.3 is 24.1 Å². The first-order valence-electron chi connectivity index (χ1n) is 9.97. The Labute approximate surface area is 186 Å². The van der Waals surface area contributed by atoms with Gasteiger partial charge in [0.05, 0.1) is 46.6 Å². The van der Waals surface area contributed by atoms with Crippen molar-refractivity contribution >= 4 is 17.6 Å². The van der Waals surface area contributed by atoms with E-state index in [1.807, 2.05) is 12.1 Å². The lowest BCUT2D eigenvalue weighted by molar-refractivity contribution is -0.141. The van der Waals surface area contributed by atoms with E-state index >= 15 is 0 Å². The summed E-state index contributed by atoms with van der Waals surface area (Å²) in [6.45, 7) is 0. The highest BCUT2D eigenvalue weighted by molar-refractivity contribution is 6.03. The summed E-state index contributed by atoms with van der Waals surface area (Å²) in [5, 5.41) is 14.9. The van der Waals surface area contributed by atoms with Crippen LogP contribution in [-0.4, -0.2) is 56.1 Å². The lowest BCUT2D eigenvalue weighted by Gasteiger charge is -2.22. The van der Waals surface area contributed by atoms with Gasteiger partial charge in [0.15, 0.2) is 23.0 Å². The standard InChI is InChI=1S/C23H26N2O7/c1-29-18-7-5-14(11-20(18)31-3)16-13-17(25(24-16)22(26)9-10-23(27)28)15-6-8-19(30-2)21(12-15)32-4/h5-8,11-12,17H,9-10,13H2,1-4H3,(H,27,28)/t17-/m1/s1. The van der Waals surface area contributed by atoms with Crippen molar-refractivity contribution in [1.82, 2.24) is 5.01 Å². The van der Waals surface area contributed by atoms with E-state index in [9.17, 15) is 9.59 Å². The zero-order valence-corrected chi connectivity index (χ0v) is 18.5. The smallest absolute Gasteiger partial charge is 0.303 e. The maximum absolute atomic E-state index is 12.9. The minimum absolute atomic E-state index is 0.151. The van der Waals surface area contributed by atoms with Gasteiger partial charge in [-0.2, -0.15) is 5.10 Å². The number of ether oxygens (including phenoxy) is 4. The highest BCUT2D eigenvalue weighted by atomic mass is 16.5. The molecule has 32 heavy (non-hydrogen) atoms. The summed E-state index contributed by atoms with van der Waals surface area (Å²) in [7, 11) is 6.19. The van der Waals surface area contributed by atoms with Crippen LogP contribution < -0.4 is 18.9 Å². The van der Waals surface area contributed by atoms with E-state index in [0.29, 0.717) is 35.1 Å². The molecule has 170 valence electrons. The third kappa shape index (κ3) is 4.77. The van der Waals surface area contributed by atoms with Crippen LogP contribution in [0.3, 0.4) is 0 Å². The Morgan fingerprint density at radius 2 is 1.50 bits per heavy atom. The van der Waals surface area contributed by atoms with E-state index in [4.69, 9.17) is 24.1 Å². The molecule has 0 fully saturated rings. The van der Waals surface area contributed by atoms with Gasteiger partial charge in [-0.25, -0.2) is 5.01 Å². The number of amides is 1. The number of carbonyl (C=O) groups is 2. The molecule has 1 heterocycles. The predicted octanol–water partition coefficient (Wildman–Crippen LogP) is 3.26. The van der Waals surface area contributed by atoms with Crippen LogP contribution in [0.5, 0.6) is 23.0 Å². The van der Waals surface area contributed by atoms with Crippen LogP contribution in [0.15, 0.2) is 41.5 Å². The Kier molecular flexibility index (Phi) is 7.19. The number of hydrazone groups is 1. The molecule has 1 aliphatic heterocycles. The average molecular weight is 442 g/mol. The van der Waals surface area contributed by atoms with Gasteiger partial charge in [-0.1, -0.05) is 6.07 Å². The molecular weight excluding hydrogens is 416 g/mol. The first-order valence-corrected chi connectivity index (χ1v) is 9.97. The number of rotatable bonds is 9. The number of carboxylic acid groups (broad SMARTS) is 1. The van der Waals surface area contributed by atoms with E-state index in [0.717, 1.165) is 11.1 Å².